The highest BCUT2D eigenvalue weighted by molar-refractivity contribution is 5.70. The minimum Gasteiger partial charge on any atom is -0.459 e. The molecule has 0 aliphatic heterocycles. The molecule has 0 heterocycles. The van der Waals surface area contributed by atoms with Crippen LogP contribution in [0.4, 0.5) is 0 Å². The molecule has 4 rings (SSSR count). The second kappa shape index (κ2) is 4.00. The van der Waals surface area contributed by atoms with Crippen LogP contribution in [0.15, 0.2) is 0 Å². The predicted octanol–water partition coefficient (Wildman–Crippen LogP) is 3.54. The maximum Gasteiger partial charge on any atom is 0.306 e. The van der Waals surface area contributed by atoms with Crippen molar-refractivity contribution in [1.82, 2.24) is 0 Å². The fraction of sp³-hybridized carbons (Fsp3) is 0.933. The van der Waals surface area contributed by atoms with Gasteiger partial charge >= 0.3 is 5.97 Å². The van der Waals surface area contributed by atoms with E-state index in [0.717, 1.165) is 37.0 Å². The van der Waals surface area contributed by atoms with Gasteiger partial charge in [-0.1, -0.05) is 13.8 Å². The van der Waals surface area contributed by atoms with E-state index in [9.17, 15) is 4.79 Å². The molecule has 4 fully saturated rings. The molecule has 2 nitrogen and oxygen atoms in total. The monoisotopic (exact) mass is 236 g/mol. The highest BCUT2D eigenvalue weighted by atomic mass is 16.6. The fourth-order valence-corrected chi connectivity index (χ4v) is 4.77. The quantitative estimate of drug-likeness (QED) is 0.700. The van der Waals surface area contributed by atoms with Crippen LogP contribution in [0.1, 0.15) is 58.8 Å². The third-order valence-corrected chi connectivity index (χ3v) is 4.89. The van der Waals surface area contributed by atoms with E-state index in [4.69, 9.17) is 4.74 Å². The van der Waals surface area contributed by atoms with Crippen molar-refractivity contribution >= 4 is 5.97 Å². The highest BCUT2D eigenvalue weighted by Gasteiger charge is 2.53. The first-order valence-electron chi connectivity index (χ1n) is 7.26. The summed E-state index contributed by atoms with van der Waals surface area (Å²) in [5.74, 6) is 3.02. The molecule has 4 aliphatic carbocycles. The van der Waals surface area contributed by atoms with Crippen LogP contribution in [0.25, 0.3) is 0 Å². The van der Waals surface area contributed by atoms with Crippen LogP contribution < -0.4 is 0 Å². The minimum absolute atomic E-state index is 0.0409. The van der Waals surface area contributed by atoms with Gasteiger partial charge in [-0.3, -0.25) is 4.79 Å². The van der Waals surface area contributed by atoms with Gasteiger partial charge in [0.1, 0.15) is 5.60 Å². The zero-order valence-corrected chi connectivity index (χ0v) is 11.1. The predicted molar refractivity (Wildman–Crippen MR) is 66.5 cm³/mol. The van der Waals surface area contributed by atoms with E-state index < -0.39 is 0 Å². The Morgan fingerprint density at radius 3 is 2.00 bits per heavy atom. The van der Waals surface area contributed by atoms with Crippen molar-refractivity contribution in [2.45, 2.75) is 64.4 Å². The summed E-state index contributed by atoms with van der Waals surface area (Å²) in [5, 5.41) is 0. The van der Waals surface area contributed by atoms with Crippen molar-refractivity contribution < 1.29 is 9.53 Å². The Morgan fingerprint density at radius 1 is 1.12 bits per heavy atom. The third kappa shape index (κ3) is 2.23. The SMILES string of the molecule is CC(C)CC(=O)OC12CC3CC(CC(C3)C1)C2. The maximum atomic E-state index is 11.9. The van der Waals surface area contributed by atoms with Gasteiger partial charge in [0.05, 0.1) is 0 Å². The molecule has 0 atom stereocenters. The van der Waals surface area contributed by atoms with E-state index in [1.807, 2.05) is 0 Å². The van der Waals surface area contributed by atoms with E-state index in [1.165, 1.54) is 19.3 Å². The first-order valence-corrected chi connectivity index (χ1v) is 7.26. The number of carbonyl (C=O) groups excluding carboxylic acids is 1. The Balaban J connectivity index is 1.68. The molecule has 0 spiro atoms. The van der Waals surface area contributed by atoms with Crippen molar-refractivity contribution in [1.29, 1.82) is 0 Å². The Labute approximate surface area is 104 Å². The lowest BCUT2D eigenvalue weighted by molar-refractivity contribution is -0.187. The molecule has 0 amide bonds. The number of carbonyl (C=O) groups is 1. The number of hydrogen-bond donors (Lipinski definition) is 0. The Kier molecular flexibility index (Phi) is 2.72. The lowest BCUT2D eigenvalue weighted by Gasteiger charge is -2.55. The molecule has 2 heteroatoms. The van der Waals surface area contributed by atoms with Crippen LogP contribution in [0.2, 0.25) is 0 Å². The van der Waals surface area contributed by atoms with Crippen LogP contribution in [-0.2, 0) is 9.53 Å². The van der Waals surface area contributed by atoms with Gasteiger partial charge in [-0.05, 0) is 62.2 Å². The molecule has 4 aliphatic rings. The Hall–Kier alpha value is -0.530. The van der Waals surface area contributed by atoms with Gasteiger partial charge in [-0.2, -0.15) is 0 Å². The minimum atomic E-state index is -0.0409. The maximum absolute atomic E-state index is 11.9. The van der Waals surface area contributed by atoms with Gasteiger partial charge in [0.25, 0.3) is 0 Å². The molecular weight excluding hydrogens is 212 g/mol. The van der Waals surface area contributed by atoms with Gasteiger partial charge in [0, 0.05) is 6.42 Å². The largest absolute Gasteiger partial charge is 0.459 e. The zero-order chi connectivity index (χ0) is 12.0. The summed E-state index contributed by atoms with van der Waals surface area (Å²) < 4.78 is 5.92. The molecule has 4 saturated carbocycles. The van der Waals surface area contributed by atoms with Gasteiger partial charge < -0.3 is 4.74 Å². The van der Waals surface area contributed by atoms with E-state index >= 15 is 0 Å². The second-order valence-corrected chi connectivity index (χ2v) is 7.17. The molecule has 0 aromatic heterocycles. The van der Waals surface area contributed by atoms with Gasteiger partial charge in [0.2, 0.25) is 0 Å². The molecule has 4 bridgehead atoms. The van der Waals surface area contributed by atoms with Crippen molar-refractivity contribution in [2.75, 3.05) is 0 Å². The first-order chi connectivity index (χ1) is 8.05. The molecule has 0 unspecified atom stereocenters. The summed E-state index contributed by atoms with van der Waals surface area (Å²) in [6.07, 6.45) is 8.26. The molecule has 0 saturated heterocycles. The summed E-state index contributed by atoms with van der Waals surface area (Å²) in [7, 11) is 0. The van der Waals surface area contributed by atoms with E-state index in [-0.39, 0.29) is 11.6 Å². The summed E-state index contributed by atoms with van der Waals surface area (Å²) in [5.41, 5.74) is -0.0409. The van der Waals surface area contributed by atoms with Crippen LogP contribution in [0, 0.1) is 23.7 Å². The van der Waals surface area contributed by atoms with E-state index in [2.05, 4.69) is 13.8 Å². The van der Waals surface area contributed by atoms with Crippen LogP contribution >= 0.6 is 0 Å². The van der Waals surface area contributed by atoms with Crippen molar-refractivity contribution in [3.8, 4) is 0 Å². The molecule has 0 N–H and O–H groups in total. The van der Waals surface area contributed by atoms with Crippen molar-refractivity contribution in [2.24, 2.45) is 23.7 Å². The van der Waals surface area contributed by atoms with E-state index in [0.29, 0.717) is 12.3 Å². The Bertz CT molecular complexity index is 284. The second-order valence-electron chi connectivity index (χ2n) is 7.17. The summed E-state index contributed by atoms with van der Waals surface area (Å²) >= 11 is 0. The van der Waals surface area contributed by atoms with Crippen LogP contribution in [-0.4, -0.2) is 11.6 Å². The first kappa shape index (κ1) is 11.6. The smallest absolute Gasteiger partial charge is 0.306 e. The zero-order valence-electron chi connectivity index (χ0n) is 11.1. The summed E-state index contributed by atoms with van der Waals surface area (Å²) in [6.45, 7) is 4.17. The summed E-state index contributed by atoms with van der Waals surface area (Å²) in [6, 6.07) is 0. The van der Waals surface area contributed by atoms with Gasteiger partial charge in [-0.15, -0.1) is 0 Å². The van der Waals surface area contributed by atoms with Crippen molar-refractivity contribution in [3.63, 3.8) is 0 Å². The molecule has 0 aromatic carbocycles. The summed E-state index contributed by atoms with van der Waals surface area (Å²) in [4.78, 5) is 11.9. The van der Waals surface area contributed by atoms with Gasteiger partial charge in [0.15, 0.2) is 0 Å². The lowest BCUT2D eigenvalue weighted by Crippen LogP contribution is -2.52. The van der Waals surface area contributed by atoms with Crippen molar-refractivity contribution in [3.05, 3.63) is 0 Å². The topological polar surface area (TPSA) is 26.3 Å². The number of hydrogen-bond acceptors (Lipinski definition) is 2. The molecular formula is C15H24O2. The number of rotatable bonds is 3. The lowest BCUT2D eigenvalue weighted by atomic mass is 9.54. The molecule has 0 radical (unpaired) electrons. The normalized spacial score (nSPS) is 43.1. The average Bonchev–Trinajstić information content (AvgIpc) is 2.11. The molecule has 17 heavy (non-hydrogen) atoms. The number of esters is 1. The molecule has 0 aromatic rings. The third-order valence-electron chi connectivity index (χ3n) is 4.89. The highest BCUT2D eigenvalue weighted by Crippen LogP contribution is 2.57. The average molecular weight is 236 g/mol. The van der Waals surface area contributed by atoms with Crippen LogP contribution in [0.3, 0.4) is 0 Å². The number of ether oxygens (including phenoxy) is 1. The van der Waals surface area contributed by atoms with Crippen LogP contribution in [0.5, 0.6) is 0 Å². The standard InChI is InChI=1S/C15H24O2/c1-10(2)3-14(16)17-15-7-11-4-12(8-15)6-13(5-11)9-15/h10-13H,3-9H2,1-2H3. The van der Waals surface area contributed by atoms with E-state index in [1.54, 1.807) is 0 Å². The van der Waals surface area contributed by atoms with Gasteiger partial charge in [-0.25, -0.2) is 0 Å². The molecule has 96 valence electrons. The fourth-order valence-electron chi connectivity index (χ4n) is 4.77. The Morgan fingerprint density at radius 2 is 1.59 bits per heavy atom.